The third kappa shape index (κ3) is 2.38. The van der Waals surface area contributed by atoms with Gasteiger partial charge in [-0.3, -0.25) is 0 Å². The molecule has 0 aliphatic carbocycles. The zero-order valence-electron chi connectivity index (χ0n) is 10.2. The summed E-state index contributed by atoms with van der Waals surface area (Å²) in [4.78, 5) is 15.3. The van der Waals surface area contributed by atoms with E-state index in [4.69, 9.17) is 5.11 Å². The summed E-state index contributed by atoms with van der Waals surface area (Å²) in [6, 6.07) is 7.77. The molecular weight excluding hydrogens is 242 g/mol. The van der Waals surface area contributed by atoms with Gasteiger partial charge in [0.15, 0.2) is 11.5 Å². The molecule has 6 heteroatoms. The van der Waals surface area contributed by atoms with Crippen LogP contribution in [0.4, 0.5) is 5.82 Å². The maximum absolute atomic E-state index is 9.11. The van der Waals surface area contributed by atoms with Gasteiger partial charge in [0.1, 0.15) is 11.8 Å². The summed E-state index contributed by atoms with van der Waals surface area (Å²) < 4.78 is 0. The number of H-pyrrole nitrogens is 1. The van der Waals surface area contributed by atoms with Gasteiger partial charge in [0.25, 0.3) is 0 Å². The molecule has 3 rings (SSSR count). The number of aliphatic hydroxyl groups excluding tert-OH is 1. The molecule has 0 bridgehead atoms. The molecule has 0 aliphatic heterocycles. The van der Waals surface area contributed by atoms with E-state index in [9.17, 15) is 0 Å². The van der Waals surface area contributed by atoms with Gasteiger partial charge in [-0.1, -0.05) is 24.3 Å². The predicted molar refractivity (Wildman–Crippen MR) is 71.4 cm³/mol. The van der Waals surface area contributed by atoms with Crippen LogP contribution in [0.3, 0.4) is 0 Å². The highest BCUT2D eigenvalue weighted by atomic mass is 16.3. The van der Waals surface area contributed by atoms with E-state index in [1.54, 1.807) is 6.33 Å². The van der Waals surface area contributed by atoms with Gasteiger partial charge in [-0.2, -0.15) is 0 Å². The number of hydrogen-bond donors (Lipinski definition) is 3. The Morgan fingerprint density at radius 3 is 2.95 bits per heavy atom. The molecule has 0 saturated carbocycles. The Bertz CT molecular complexity index is 694. The molecule has 0 aliphatic rings. The van der Waals surface area contributed by atoms with Crippen molar-refractivity contribution in [2.24, 2.45) is 0 Å². The summed E-state index contributed by atoms with van der Waals surface area (Å²) in [5.74, 6) is 0.719. The molecule has 19 heavy (non-hydrogen) atoms. The van der Waals surface area contributed by atoms with Gasteiger partial charge in [-0.15, -0.1) is 0 Å². The normalized spacial score (nSPS) is 10.8. The lowest BCUT2D eigenvalue weighted by molar-refractivity contribution is 0.281. The van der Waals surface area contributed by atoms with Crippen molar-refractivity contribution in [3.8, 4) is 0 Å². The van der Waals surface area contributed by atoms with Crippen molar-refractivity contribution in [3.63, 3.8) is 0 Å². The van der Waals surface area contributed by atoms with Gasteiger partial charge in [0.2, 0.25) is 0 Å². The summed E-state index contributed by atoms with van der Waals surface area (Å²) in [5.41, 5.74) is 3.41. The van der Waals surface area contributed by atoms with Gasteiger partial charge >= 0.3 is 0 Å². The van der Waals surface area contributed by atoms with Crippen molar-refractivity contribution >= 4 is 17.0 Å². The minimum Gasteiger partial charge on any atom is -0.392 e. The smallest absolute Gasteiger partial charge is 0.182 e. The standard InChI is InChI=1S/C13H13N5O/c19-6-10-3-1-2-9(4-10)5-14-12-11-13(16-7-15-11)18-8-17-12/h1-4,7-8,19H,5-6H2,(H2,14,15,16,17,18). The van der Waals surface area contributed by atoms with Crippen LogP contribution in [-0.2, 0) is 13.2 Å². The summed E-state index contributed by atoms with van der Waals surface area (Å²) >= 11 is 0. The van der Waals surface area contributed by atoms with Crippen LogP contribution in [0.5, 0.6) is 0 Å². The van der Waals surface area contributed by atoms with Gasteiger partial charge in [-0.25, -0.2) is 15.0 Å². The number of nitrogens with one attached hydrogen (secondary N) is 2. The fourth-order valence-electron chi connectivity index (χ4n) is 1.92. The van der Waals surface area contributed by atoms with Crippen LogP contribution in [0.2, 0.25) is 0 Å². The van der Waals surface area contributed by atoms with Crippen LogP contribution in [0, 0.1) is 0 Å². The van der Waals surface area contributed by atoms with E-state index >= 15 is 0 Å². The van der Waals surface area contributed by atoms with Crippen molar-refractivity contribution in [1.29, 1.82) is 0 Å². The highest BCUT2D eigenvalue weighted by molar-refractivity contribution is 5.81. The van der Waals surface area contributed by atoms with E-state index in [2.05, 4.69) is 25.3 Å². The first-order valence-corrected chi connectivity index (χ1v) is 5.93. The molecule has 1 aromatic carbocycles. The quantitative estimate of drug-likeness (QED) is 0.657. The number of imidazole rings is 1. The van der Waals surface area contributed by atoms with Crippen molar-refractivity contribution in [1.82, 2.24) is 19.9 Å². The first-order valence-electron chi connectivity index (χ1n) is 5.93. The third-order valence-electron chi connectivity index (χ3n) is 2.86. The van der Waals surface area contributed by atoms with Crippen molar-refractivity contribution in [3.05, 3.63) is 48.0 Å². The van der Waals surface area contributed by atoms with E-state index in [0.717, 1.165) is 22.5 Å². The van der Waals surface area contributed by atoms with Crippen LogP contribution in [0.1, 0.15) is 11.1 Å². The second-order valence-corrected chi connectivity index (χ2v) is 4.16. The zero-order chi connectivity index (χ0) is 13.1. The van der Waals surface area contributed by atoms with Gasteiger partial charge in [0.05, 0.1) is 12.9 Å². The molecular formula is C13H13N5O. The monoisotopic (exact) mass is 255 g/mol. The number of anilines is 1. The van der Waals surface area contributed by atoms with Crippen LogP contribution in [-0.4, -0.2) is 25.0 Å². The SMILES string of the molecule is OCc1cccc(CNc2ncnc3nc[nH]c23)c1. The molecule has 96 valence electrons. The minimum atomic E-state index is 0.0478. The summed E-state index contributed by atoms with van der Waals surface area (Å²) in [6.45, 7) is 0.672. The summed E-state index contributed by atoms with van der Waals surface area (Å²) in [6.07, 6.45) is 3.08. The average Bonchev–Trinajstić information content (AvgIpc) is 2.94. The Hall–Kier alpha value is -2.47. The molecule has 0 spiro atoms. The molecule has 3 aromatic rings. The number of benzene rings is 1. The number of aromatic nitrogens is 4. The molecule has 3 N–H and O–H groups in total. The van der Waals surface area contributed by atoms with E-state index in [-0.39, 0.29) is 6.61 Å². The topological polar surface area (TPSA) is 86.7 Å². The van der Waals surface area contributed by atoms with E-state index in [1.165, 1.54) is 6.33 Å². The Balaban J connectivity index is 1.80. The van der Waals surface area contributed by atoms with Crippen molar-refractivity contribution in [2.45, 2.75) is 13.2 Å². The van der Waals surface area contributed by atoms with Crippen LogP contribution >= 0.6 is 0 Å². The molecule has 2 aromatic heterocycles. The fourth-order valence-corrected chi connectivity index (χ4v) is 1.92. The molecule has 0 unspecified atom stereocenters. The molecule has 0 amide bonds. The van der Waals surface area contributed by atoms with Crippen LogP contribution in [0.15, 0.2) is 36.9 Å². The largest absolute Gasteiger partial charge is 0.392 e. The van der Waals surface area contributed by atoms with Crippen LogP contribution < -0.4 is 5.32 Å². The second kappa shape index (κ2) is 5.03. The Morgan fingerprint density at radius 1 is 1.16 bits per heavy atom. The highest BCUT2D eigenvalue weighted by Gasteiger charge is 2.05. The van der Waals surface area contributed by atoms with Gasteiger partial charge in [-0.05, 0) is 11.1 Å². The van der Waals surface area contributed by atoms with E-state index in [1.807, 2.05) is 24.3 Å². The van der Waals surface area contributed by atoms with Crippen LogP contribution in [0.25, 0.3) is 11.2 Å². The molecule has 2 heterocycles. The minimum absolute atomic E-state index is 0.0478. The third-order valence-corrected chi connectivity index (χ3v) is 2.86. The lowest BCUT2D eigenvalue weighted by Gasteiger charge is -2.07. The highest BCUT2D eigenvalue weighted by Crippen LogP contribution is 2.15. The molecule has 0 fully saturated rings. The number of hydrogen-bond acceptors (Lipinski definition) is 5. The Kier molecular flexibility index (Phi) is 3.07. The summed E-state index contributed by atoms with van der Waals surface area (Å²) in [5, 5.41) is 12.3. The van der Waals surface area contributed by atoms with Gasteiger partial charge in [0, 0.05) is 6.54 Å². The van der Waals surface area contributed by atoms with E-state index < -0.39 is 0 Å². The molecule has 6 nitrogen and oxygen atoms in total. The zero-order valence-corrected chi connectivity index (χ0v) is 10.2. The maximum Gasteiger partial charge on any atom is 0.182 e. The van der Waals surface area contributed by atoms with E-state index in [0.29, 0.717) is 12.2 Å². The Morgan fingerprint density at radius 2 is 2.05 bits per heavy atom. The number of nitrogens with zero attached hydrogens (tertiary/aromatic N) is 3. The second-order valence-electron chi connectivity index (χ2n) is 4.16. The lowest BCUT2D eigenvalue weighted by atomic mass is 10.1. The molecule has 0 atom stereocenters. The summed E-state index contributed by atoms with van der Waals surface area (Å²) in [7, 11) is 0. The Labute approximate surface area is 109 Å². The van der Waals surface area contributed by atoms with Crippen molar-refractivity contribution < 1.29 is 5.11 Å². The fraction of sp³-hybridized carbons (Fsp3) is 0.154. The number of aromatic amines is 1. The number of aliphatic hydroxyl groups is 1. The first-order chi connectivity index (χ1) is 9.36. The number of fused-ring (bicyclic) bond motifs is 1. The lowest BCUT2D eigenvalue weighted by Crippen LogP contribution is -2.03. The number of rotatable bonds is 4. The predicted octanol–water partition coefficient (Wildman–Crippen LogP) is 1.46. The maximum atomic E-state index is 9.11. The molecule has 0 radical (unpaired) electrons. The average molecular weight is 255 g/mol. The van der Waals surface area contributed by atoms with Crippen molar-refractivity contribution in [2.75, 3.05) is 5.32 Å². The van der Waals surface area contributed by atoms with Gasteiger partial charge < -0.3 is 15.4 Å². The first kappa shape index (κ1) is 11.6. The molecule has 0 saturated heterocycles.